The smallest absolute Gasteiger partial charge is 0.251 e. The lowest BCUT2D eigenvalue weighted by Crippen LogP contribution is -2.24. The number of aromatic nitrogens is 3. The van der Waals surface area contributed by atoms with Crippen molar-refractivity contribution in [1.82, 2.24) is 20.1 Å². The highest BCUT2D eigenvalue weighted by Gasteiger charge is 2.14. The Morgan fingerprint density at radius 1 is 0.970 bits per heavy atom. The van der Waals surface area contributed by atoms with E-state index in [0.29, 0.717) is 30.2 Å². The van der Waals surface area contributed by atoms with E-state index in [1.54, 1.807) is 35.0 Å². The predicted molar refractivity (Wildman–Crippen MR) is 130 cm³/mol. The molecule has 0 unspecified atom stereocenters. The summed E-state index contributed by atoms with van der Waals surface area (Å²) in [5.41, 5.74) is 3.51. The molecule has 2 N–H and O–H groups in total. The van der Waals surface area contributed by atoms with E-state index in [1.165, 1.54) is 5.56 Å². The van der Waals surface area contributed by atoms with Crippen molar-refractivity contribution in [2.45, 2.75) is 32.6 Å². The molecule has 33 heavy (non-hydrogen) atoms. The quantitative estimate of drug-likeness (QED) is 0.361. The molecule has 168 valence electrons. The Bertz CT molecular complexity index is 1200. The molecule has 3 aromatic carbocycles. The molecule has 0 fully saturated rings. The van der Waals surface area contributed by atoms with Gasteiger partial charge in [0, 0.05) is 24.1 Å². The Balaban J connectivity index is 1.44. The molecule has 0 bridgehead atoms. The van der Waals surface area contributed by atoms with Gasteiger partial charge in [0.1, 0.15) is 5.75 Å². The van der Waals surface area contributed by atoms with Crippen molar-refractivity contribution >= 4 is 5.91 Å². The third-order valence-corrected chi connectivity index (χ3v) is 5.47. The van der Waals surface area contributed by atoms with Crippen LogP contribution in [-0.4, -0.2) is 32.3 Å². The largest absolute Gasteiger partial charge is 0.508 e. The van der Waals surface area contributed by atoms with E-state index in [-0.39, 0.29) is 11.7 Å². The number of aryl methyl sites for hydroxylation is 2. The summed E-state index contributed by atoms with van der Waals surface area (Å²) in [5.74, 6) is 1.48. The lowest BCUT2D eigenvalue weighted by Gasteiger charge is -2.09. The summed E-state index contributed by atoms with van der Waals surface area (Å²) in [5, 5.41) is 17.3. The van der Waals surface area contributed by atoms with E-state index in [9.17, 15) is 9.90 Å². The summed E-state index contributed by atoms with van der Waals surface area (Å²) in [6, 6.07) is 24.7. The third-order valence-electron chi connectivity index (χ3n) is 5.47. The molecule has 0 saturated carbocycles. The van der Waals surface area contributed by atoms with Gasteiger partial charge in [-0.15, -0.1) is 0 Å². The normalized spacial score (nSPS) is 10.8. The first-order chi connectivity index (χ1) is 16.1. The molecular formula is C27H28N4O2. The maximum atomic E-state index is 12.7. The van der Waals surface area contributed by atoms with Crippen LogP contribution in [0.1, 0.15) is 41.5 Å². The van der Waals surface area contributed by atoms with Crippen molar-refractivity contribution in [2.75, 3.05) is 6.54 Å². The zero-order chi connectivity index (χ0) is 23.0. The molecule has 1 amide bonds. The fraction of sp³-hybridized carbons (Fsp3) is 0.222. The molecule has 4 aromatic rings. The van der Waals surface area contributed by atoms with Gasteiger partial charge in [0.05, 0.1) is 5.69 Å². The predicted octanol–water partition coefficient (Wildman–Crippen LogP) is 4.96. The van der Waals surface area contributed by atoms with Gasteiger partial charge in [0.15, 0.2) is 11.6 Å². The number of nitrogens with one attached hydrogen (secondary N) is 1. The van der Waals surface area contributed by atoms with Crippen LogP contribution in [0.25, 0.3) is 17.1 Å². The van der Waals surface area contributed by atoms with Gasteiger partial charge in [-0.25, -0.2) is 9.67 Å². The number of unbranched alkanes of at least 4 members (excludes halogenated alkanes) is 1. The van der Waals surface area contributed by atoms with Gasteiger partial charge in [-0.2, -0.15) is 5.10 Å². The van der Waals surface area contributed by atoms with E-state index in [4.69, 9.17) is 0 Å². The number of carbonyl (C=O) groups excluding carboxylic acids is 1. The van der Waals surface area contributed by atoms with Gasteiger partial charge in [0.2, 0.25) is 0 Å². The lowest BCUT2D eigenvalue weighted by atomic mass is 10.1. The molecule has 0 radical (unpaired) electrons. The highest BCUT2D eigenvalue weighted by atomic mass is 16.3. The SMILES string of the molecule is CCc1nc(-c2ccc(O)cc2)n(-c2cccc(C(=O)NCCCCc3ccccc3)c2)n1. The monoisotopic (exact) mass is 440 g/mol. The summed E-state index contributed by atoms with van der Waals surface area (Å²) in [6.07, 6.45) is 3.66. The van der Waals surface area contributed by atoms with Crippen molar-refractivity contribution in [2.24, 2.45) is 0 Å². The fourth-order valence-electron chi connectivity index (χ4n) is 3.66. The van der Waals surface area contributed by atoms with Gasteiger partial charge in [-0.1, -0.05) is 43.3 Å². The number of amides is 1. The zero-order valence-electron chi connectivity index (χ0n) is 18.7. The van der Waals surface area contributed by atoms with Crippen LogP contribution >= 0.6 is 0 Å². The Hall–Kier alpha value is -3.93. The van der Waals surface area contributed by atoms with Gasteiger partial charge < -0.3 is 10.4 Å². The molecule has 0 saturated heterocycles. The van der Waals surface area contributed by atoms with Crippen LogP contribution < -0.4 is 5.32 Å². The second-order valence-electron chi connectivity index (χ2n) is 7.91. The van der Waals surface area contributed by atoms with Crippen LogP contribution in [-0.2, 0) is 12.8 Å². The highest BCUT2D eigenvalue weighted by molar-refractivity contribution is 5.94. The minimum absolute atomic E-state index is 0.0985. The van der Waals surface area contributed by atoms with Gasteiger partial charge >= 0.3 is 0 Å². The summed E-state index contributed by atoms with van der Waals surface area (Å²) >= 11 is 0. The molecular weight excluding hydrogens is 412 g/mol. The van der Waals surface area contributed by atoms with Gasteiger partial charge in [-0.3, -0.25) is 4.79 Å². The first kappa shape index (κ1) is 22.3. The fourth-order valence-corrected chi connectivity index (χ4v) is 3.66. The average molecular weight is 441 g/mol. The van der Waals surface area contributed by atoms with E-state index in [2.05, 4.69) is 39.7 Å². The lowest BCUT2D eigenvalue weighted by molar-refractivity contribution is 0.0953. The molecule has 0 spiro atoms. The molecule has 0 aliphatic heterocycles. The highest BCUT2D eigenvalue weighted by Crippen LogP contribution is 2.24. The van der Waals surface area contributed by atoms with Crippen molar-refractivity contribution < 1.29 is 9.90 Å². The van der Waals surface area contributed by atoms with Crippen LogP contribution in [0, 0.1) is 0 Å². The Morgan fingerprint density at radius 3 is 2.52 bits per heavy atom. The number of aromatic hydroxyl groups is 1. The number of carbonyl (C=O) groups is 1. The van der Waals surface area contributed by atoms with Crippen LogP contribution in [0.4, 0.5) is 0 Å². The molecule has 0 aliphatic rings. The van der Waals surface area contributed by atoms with Crippen LogP contribution in [0.5, 0.6) is 5.75 Å². The zero-order valence-corrected chi connectivity index (χ0v) is 18.7. The van der Waals surface area contributed by atoms with E-state index in [1.807, 2.05) is 31.2 Å². The molecule has 1 aromatic heterocycles. The van der Waals surface area contributed by atoms with Gasteiger partial charge in [-0.05, 0) is 67.3 Å². The molecule has 1 heterocycles. The standard InChI is InChI=1S/C27H28N4O2/c1-2-25-29-26(21-14-16-24(32)17-15-21)31(30-25)23-13-8-12-22(19-23)27(33)28-18-7-6-11-20-9-4-3-5-10-20/h3-5,8-10,12-17,19,32H,2,6-7,11,18H2,1H3,(H,28,33). The van der Waals surface area contributed by atoms with Gasteiger partial charge in [0.25, 0.3) is 5.91 Å². The molecule has 0 atom stereocenters. The summed E-state index contributed by atoms with van der Waals surface area (Å²) < 4.78 is 1.75. The molecule has 6 nitrogen and oxygen atoms in total. The number of benzene rings is 3. The second kappa shape index (κ2) is 10.6. The molecule has 4 rings (SSSR count). The first-order valence-electron chi connectivity index (χ1n) is 11.3. The Kier molecular flexibility index (Phi) is 7.15. The first-order valence-corrected chi connectivity index (χ1v) is 11.3. The van der Waals surface area contributed by atoms with Crippen molar-refractivity contribution in [1.29, 1.82) is 0 Å². The third kappa shape index (κ3) is 5.66. The number of rotatable bonds is 9. The van der Waals surface area contributed by atoms with Crippen LogP contribution in [0.2, 0.25) is 0 Å². The minimum atomic E-state index is -0.0985. The second-order valence-corrected chi connectivity index (χ2v) is 7.91. The molecule has 6 heteroatoms. The number of hydrogen-bond donors (Lipinski definition) is 2. The summed E-state index contributed by atoms with van der Waals surface area (Å²) in [4.78, 5) is 17.4. The van der Waals surface area contributed by atoms with Crippen molar-refractivity contribution in [3.8, 4) is 22.8 Å². The van der Waals surface area contributed by atoms with Crippen molar-refractivity contribution in [3.05, 3.63) is 95.8 Å². The van der Waals surface area contributed by atoms with E-state index < -0.39 is 0 Å². The summed E-state index contributed by atoms with van der Waals surface area (Å²) in [6.45, 7) is 2.64. The molecule has 0 aliphatic carbocycles. The maximum Gasteiger partial charge on any atom is 0.251 e. The van der Waals surface area contributed by atoms with Crippen molar-refractivity contribution in [3.63, 3.8) is 0 Å². The van der Waals surface area contributed by atoms with E-state index >= 15 is 0 Å². The number of phenols is 1. The Morgan fingerprint density at radius 2 is 1.76 bits per heavy atom. The topological polar surface area (TPSA) is 80.0 Å². The maximum absolute atomic E-state index is 12.7. The van der Waals surface area contributed by atoms with Crippen LogP contribution in [0.15, 0.2) is 78.9 Å². The van der Waals surface area contributed by atoms with Crippen LogP contribution in [0.3, 0.4) is 0 Å². The number of nitrogens with zero attached hydrogens (tertiary/aromatic N) is 3. The number of hydrogen-bond acceptors (Lipinski definition) is 4. The van der Waals surface area contributed by atoms with E-state index in [0.717, 1.165) is 30.5 Å². The average Bonchev–Trinajstić information content (AvgIpc) is 3.29. The minimum Gasteiger partial charge on any atom is -0.508 e. The number of phenolic OH excluding ortho intramolecular Hbond substituents is 1. The Labute approximate surface area is 193 Å². The summed E-state index contributed by atoms with van der Waals surface area (Å²) in [7, 11) is 0.